The number of thioether (sulfide) groups is 1. The van der Waals surface area contributed by atoms with Gasteiger partial charge in [0.05, 0.1) is 13.2 Å². The average molecular weight is 295 g/mol. The van der Waals surface area contributed by atoms with Gasteiger partial charge in [0.1, 0.15) is 0 Å². The summed E-state index contributed by atoms with van der Waals surface area (Å²) >= 11 is 1.81. The molecule has 110 valence electrons. The number of anilines is 1. The smallest absolute Gasteiger partial charge is 0.193 e. The zero-order chi connectivity index (χ0) is 14.2. The van der Waals surface area contributed by atoms with Crippen molar-refractivity contribution in [2.45, 2.75) is 12.8 Å². The van der Waals surface area contributed by atoms with Gasteiger partial charge in [0, 0.05) is 24.7 Å². The zero-order valence-electron chi connectivity index (χ0n) is 11.7. The molecule has 0 radical (unpaired) electrons. The first-order chi connectivity index (χ1) is 9.79. The monoisotopic (exact) mass is 295 g/mol. The Kier molecular flexibility index (Phi) is 5.86. The molecule has 1 aromatic rings. The third-order valence-electron chi connectivity index (χ3n) is 2.81. The van der Waals surface area contributed by atoms with Crippen LogP contribution in [0.4, 0.5) is 5.69 Å². The Labute approximate surface area is 123 Å². The van der Waals surface area contributed by atoms with Gasteiger partial charge in [-0.1, -0.05) is 0 Å². The maximum atomic E-state index is 5.85. The molecule has 0 aliphatic carbocycles. The summed E-state index contributed by atoms with van der Waals surface area (Å²) in [6.45, 7) is 2.11. The lowest BCUT2D eigenvalue weighted by Crippen LogP contribution is -2.22. The van der Waals surface area contributed by atoms with Gasteiger partial charge in [-0.3, -0.25) is 4.99 Å². The van der Waals surface area contributed by atoms with Gasteiger partial charge in [0.25, 0.3) is 0 Å². The number of nitrogens with two attached hydrogens (primary N) is 1. The summed E-state index contributed by atoms with van der Waals surface area (Å²) in [5.41, 5.74) is 6.72. The molecule has 1 aromatic carbocycles. The fourth-order valence-corrected chi connectivity index (χ4v) is 2.25. The van der Waals surface area contributed by atoms with E-state index < -0.39 is 0 Å². The highest BCUT2D eigenvalue weighted by atomic mass is 32.2. The average Bonchev–Trinajstić information content (AvgIpc) is 2.68. The van der Waals surface area contributed by atoms with E-state index in [0.717, 1.165) is 42.3 Å². The molecule has 5 nitrogen and oxygen atoms in total. The van der Waals surface area contributed by atoms with Crippen LogP contribution in [0, 0.1) is 0 Å². The number of aliphatic imine (C=N–C) groups is 1. The van der Waals surface area contributed by atoms with Crippen LogP contribution in [0.2, 0.25) is 0 Å². The van der Waals surface area contributed by atoms with E-state index in [4.69, 9.17) is 15.2 Å². The number of hydrogen-bond acceptors (Lipinski definition) is 4. The minimum Gasteiger partial charge on any atom is -0.490 e. The largest absolute Gasteiger partial charge is 0.490 e. The molecule has 20 heavy (non-hydrogen) atoms. The minimum absolute atomic E-state index is 0.431. The summed E-state index contributed by atoms with van der Waals surface area (Å²) in [5, 5.41) is 3.07. The number of benzene rings is 1. The van der Waals surface area contributed by atoms with E-state index in [1.165, 1.54) is 0 Å². The summed E-state index contributed by atoms with van der Waals surface area (Å²) in [4.78, 5) is 4.29. The second kappa shape index (κ2) is 7.89. The molecule has 0 bridgehead atoms. The van der Waals surface area contributed by atoms with Gasteiger partial charge in [-0.05, 0) is 30.6 Å². The van der Waals surface area contributed by atoms with Gasteiger partial charge in [-0.2, -0.15) is 11.8 Å². The van der Waals surface area contributed by atoms with Gasteiger partial charge in [0.2, 0.25) is 0 Å². The summed E-state index contributed by atoms with van der Waals surface area (Å²) in [6.07, 6.45) is 4.02. The summed E-state index contributed by atoms with van der Waals surface area (Å²) < 4.78 is 11.2. The van der Waals surface area contributed by atoms with E-state index in [-0.39, 0.29) is 0 Å². The zero-order valence-corrected chi connectivity index (χ0v) is 12.5. The van der Waals surface area contributed by atoms with Crippen LogP contribution in [0.25, 0.3) is 0 Å². The highest BCUT2D eigenvalue weighted by Gasteiger charge is 2.10. The van der Waals surface area contributed by atoms with Gasteiger partial charge in [-0.15, -0.1) is 0 Å². The molecule has 3 N–H and O–H groups in total. The van der Waals surface area contributed by atoms with Crippen LogP contribution in [-0.4, -0.2) is 37.7 Å². The Morgan fingerprint density at radius 3 is 2.95 bits per heavy atom. The summed E-state index contributed by atoms with van der Waals surface area (Å²) in [6, 6.07) is 5.70. The molecule has 1 aliphatic heterocycles. The van der Waals surface area contributed by atoms with E-state index in [1.807, 2.05) is 30.0 Å². The second-order valence-electron chi connectivity index (χ2n) is 4.45. The van der Waals surface area contributed by atoms with Crippen molar-refractivity contribution in [1.82, 2.24) is 0 Å². The van der Waals surface area contributed by atoms with E-state index in [9.17, 15) is 0 Å². The topological polar surface area (TPSA) is 68.9 Å². The van der Waals surface area contributed by atoms with Gasteiger partial charge < -0.3 is 20.5 Å². The van der Waals surface area contributed by atoms with Crippen molar-refractivity contribution in [2.24, 2.45) is 10.7 Å². The molecule has 1 heterocycles. The Balaban J connectivity index is 1.94. The Morgan fingerprint density at radius 1 is 1.35 bits per heavy atom. The summed E-state index contributed by atoms with van der Waals surface area (Å²) in [5.74, 6) is 3.06. The molecule has 6 heteroatoms. The first-order valence-electron chi connectivity index (χ1n) is 6.75. The normalized spacial score (nSPS) is 14.8. The van der Waals surface area contributed by atoms with Crippen LogP contribution in [0.1, 0.15) is 12.8 Å². The predicted molar refractivity (Wildman–Crippen MR) is 85.2 cm³/mol. The molecule has 0 saturated carbocycles. The predicted octanol–water partition coefficient (Wildman–Crippen LogP) is 2.33. The molecule has 0 aromatic heterocycles. The maximum Gasteiger partial charge on any atom is 0.193 e. The van der Waals surface area contributed by atoms with Crippen molar-refractivity contribution >= 4 is 23.4 Å². The van der Waals surface area contributed by atoms with Gasteiger partial charge >= 0.3 is 0 Å². The van der Waals surface area contributed by atoms with Crippen molar-refractivity contribution in [3.8, 4) is 11.5 Å². The molecule has 0 unspecified atom stereocenters. The molecule has 0 saturated heterocycles. The first kappa shape index (κ1) is 14.8. The third-order valence-corrected chi connectivity index (χ3v) is 3.51. The van der Waals surface area contributed by atoms with E-state index >= 15 is 0 Å². The molecular formula is C14H21N3O2S. The maximum absolute atomic E-state index is 5.85. The number of hydrogen-bond donors (Lipinski definition) is 2. The lowest BCUT2D eigenvalue weighted by atomic mass is 10.3. The molecular weight excluding hydrogens is 274 g/mol. The molecule has 0 atom stereocenters. The molecule has 0 fully saturated rings. The Hall–Kier alpha value is -1.56. The molecule has 0 amide bonds. The fraction of sp³-hybridized carbons (Fsp3) is 0.500. The Morgan fingerprint density at radius 2 is 2.15 bits per heavy atom. The standard InChI is InChI=1S/C14H21N3O2S/c1-20-9-2-6-16-14(15)17-11-4-5-12-13(10-11)19-8-3-7-18-12/h4-5,10H,2-3,6-9H2,1H3,(H3,15,16,17). The highest BCUT2D eigenvalue weighted by Crippen LogP contribution is 2.32. The molecule has 2 rings (SSSR count). The van der Waals surface area contributed by atoms with Crippen LogP contribution < -0.4 is 20.5 Å². The van der Waals surface area contributed by atoms with E-state index in [1.54, 1.807) is 0 Å². The van der Waals surface area contributed by atoms with Crippen LogP contribution in [0.15, 0.2) is 23.2 Å². The van der Waals surface area contributed by atoms with Crippen molar-refractivity contribution in [2.75, 3.05) is 37.1 Å². The van der Waals surface area contributed by atoms with Crippen molar-refractivity contribution in [1.29, 1.82) is 0 Å². The lowest BCUT2D eigenvalue weighted by Gasteiger charge is -2.10. The van der Waals surface area contributed by atoms with Crippen LogP contribution in [0.3, 0.4) is 0 Å². The van der Waals surface area contributed by atoms with Crippen LogP contribution in [0.5, 0.6) is 11.5 Å². The Bertz CT molecular complexity index is 466. The number of rotatable bonds is 5. The van der Waals surface area contributed by atoms with Crippen LogP contribution >= 0.6 is 11.8 Å². The number of guanidine groups is 1. The molecule has 0 spiro atoms. The van der Waals surface area contributed by atoms with E-state index in [0.29, 0.717) is 19.2 Å². The SMILES string of the molecule is CSCCCN=C(N)Nc1ccc2c(c1)OCCCO2. The summed E-state index contributed by atoms with van der Waals surface area (Å²) in [7, 11) is 0. The van der Waals surface area contributed by atoms with Gasteiger partial charge in [0.15, 0.2) is 17.5 Å². The number of nitrogens with one attached hydrogen (secondary N) is 1. The van der Waals surface area contributed by atoms with Gasteiger partial charge in [-0.25, -0.2) is 0 Å². The van der Waals surface area contributed by atoms with Crippen LogP contribution in [-0.2, 0) is 0 Å². The second-order valence-corrected chi connectivity index (χ2v) is 5.44. The van der Waals surface area contributed by atoms with Crippen molar-refractivity contribution in [3.63, 3.8) is 0 Å². The third kappa shape index (κ3) is 4.52. The molecule has 1 aliphatic rings. The highest BCUT2D eigenvalue weighted by molar-refractivity contribution is 7.98. The lowest BCUT2D eigenvalue weighted by molar-refractivity contribution is 0.297. The number of fused-ring (bicyclic) bond motifs is 1. The number of nitrogens with zero attached hydrogens (tertiary/aromatic N) is 1. The first-order valence-corrected chi connectivity index (χ1v) is 8.14. The van der Waals surface area contributed by atoms with Crippen molar-refractivity contribution < 1.29 is 9.47 Å². The van der Waals surface area contributed by atoms with Crippen molar-refractivity contribution in [3.05, 3.63) is 18.2 Å². The quantitative estimate of drug-likeness (QED) is 0.496. The minimum atomic E-state index is 0.431. The van der Waals surface area contributed by atoms with E-state index in [2.05, 4.69) is 16.6 Å². The fourth-order valence-electron chi connectivity index (χ4n) is 1.84. The number of ether oxygens (including phenoxy) is 2.